The van der Waals surface area contributed by atoms with Crippen molar-refractivity contribution >= 4 is 0 Å². The molecule has 0 amide bonds. The van der Waals surface area contributed by atoms with Gasteiger partial charge in [-0.3, -0.25) is 0 Å². The highest BCUT2D eigenvalue weighted by Crippen LogP contribution is 2.33. The van der Waals surface area contributed by atoms with Gasteiger partial charge in [0.1, 0.15) is 0 Å². The van der Waals surface area contributed by atoms with Crippen LogP contribution in [0.1, 0.15) is 45.6 Å². The minimum Gasteiger partial charge on any atom is -0.349 e. The second-order valence-corrected chi connectivity index (χ2v) is 5.72. The molecule has 1 aromatic rings. The van der Waals surface area contributed by atoms with Gasteiger partial charge in [0.15, 0.2) is 5.79 Å². The number of rotatable bonds is 5. The van der Waals surface area contributed by atoms with Gasteiger partial charge in [0.05, 0.1) is 12.7 Å². The van der Waals surface area contributed by atoms with Crippen LogP contribution in [0.25, 0.3) is 0 Å². The first-order valence-electron chi connectivity index (χ1n) is 7.52. The summed E-state index contributed by atoms with van der Waals surface area (Å²) in [5.41, 5.74) is 1.27. The van der Waals surface area contributed by atoms with E-state index in [4.69, 9.17) is 9.47 Å². The molecule has 1 aliphatic rings. The first-order valence-corrected chi connectivity index (χ1v) is 7.52. The van der Waals surface area contributed by atoms with Crippen molar-refractivity contribution in [1.29, 1.82) is 0 Å². The number of hydrogen-bond donors (Lipinski definition) is 0. The zero-order chi connectivity index (χ0) is 13.7. The molecule has 1 saturated heterocycles. The van der Waals surface area contributed by atoms with Gasteiger partial charge in [0.2, 0.25) is 0 Å². The molecule has 0 unspecified atom stereocenters. The van der Waals surface area contributed by atoms with Crippen LogP contribution in [0.5, 0.6) is 0 Å². The van der Waals surface area contributed by atoms with Crippen LogP contribution in [0.3, 0.4) is 0 Å². The molecule has 1 aromatic carbocycles. The smallest absolute Gasteiger partial charge is 0.169 e. The van der Waals surface area contributed by atoms with E-state index in [0.717, 1.165) is 25.9 Å². The molecule has 1 heterocycles. The van der Waals surface area contributed by atoms with Crippen LogP contribution in [-0.4, -0.2) is 18.5 Å². The SMILES string of the molecule is CCC[C@H]1O[C@](C)(Cc2ccccc2)OC[C@@H]1CC. The van der Waals surface area contributed by atoms with E-state index in [9.17, 15) is 0 Å². The largest absolute Gasteiger partial charge is 0.349 e. The van der Waals surface area contributed by atoms with E-state index in [-0.39, 0.29) is 0 Å². The molecule has 0 aromatic heterocycles. The van der Waals surface area contributed by atoms with E-state index in [1.165, 1.54) is 12.0 Å². The van der Waals surface area contributed by atoms with E-state index in [1.807, 2.05) is 6.07 Å². The standard InChI is InChI=1S/C17H26O2/c1-4-9-16-15(5-2)13-18-17(3,19-16)12-14-10-7-6-8-11-14/h6-8,10-11,15-16H,4-5,9,12-13H2,1-3H3/t15-,16+,17+/m0/s1. The summed E-state index contributed by atoms with van der Waals surface area (Å²) in [6.07, 6.45) is 4.60. The lowest BCUT2D eigenvalue weighted by Crippen LogP contribution is -2.48. The molecule has 0 radical (unpaired) electrons. The van der Waals surface area contributed by atoms with Crippen molar-refractivity contribution in [2.24, 2.45) is 5.92 Å². The summed E-state index contributed by atoms with van der Waals surface area (Å²) < 4.78 is 12.3. The first-order chi connectivity index (χ1) is 9.17. The van der Waals surface area contributed by atoms with E-state index in [2.05, 4.69) is 45.0 Å². The van der Waals surface area contributed by atoms with Crippen molar-refractivity contribution in [3.63, 3.8) is 0 Å². The van der Waals surface area contributed by atoms with E-state index < -0.39 is 5.79 Å². The maximum Gasteiger partial charge on any atom is 0.169 e. The summed E-state index contributed by atoms with van der Waals surface area (Å²) in [4.78, 5) is 0. The quantitative estimate of drug-likeness (QED) is 0.792. The van der Waals surface area contributed by atoms with Crippen molar-refractivity contribution in [3.8, 4) is 0 Å². The first kappa shape index (κ1) is 14.5. The molecule has 3 atom stereocenters. The van der Waals surface area contributed by atoms with Gasteiger partial charge in [-0.15, -0.1) is 0 Å². The Hall–Kier alpha value is -0.860. The van der Waals surface area contributed by atoms with Crippen molar-refractivity contribution in [1.82, 2.24) is 0 Å². The lowest BCUT2D eigenvalue weighted by atomic mass is 9.94. The molecule has 2 nitrogen and oxygen atoms in total. The average Bonchev–Trinajstić information content (AvgIpc) is 2.40. The predicted molar refractivity (Wildman–Crippen MR) is 78.1 cm³/mol. The van der Waals surface area contributed by atoms with Gasteiger partial charge in [0.25, 0.3) is 0 Å². The molecule has 0 aliphatic carbocycles. The molecular formula is C17H26O2. The Morgan fingerprint density at radius 1 is 1.21 bits per heavy atom. The maximum absolute atomic E-state index is 6.30. The van der Waals surface area contributed by atoms with Crippen LogP contribution in [-0.2, 0) is 15.9 Å². The Labute approximate surface area is 117 Å². The van der Waals surface area contributed by atoms with E-state index in [1.54, 1.807) is 0 Å². The summed E-state index contributed by atoms with van der Waals surface area (Å²) in [6, 6.07) is 10.5. The summed E-state index contributed by atoms with van der Waals surface area (Å²) in [5.74, 6) is 0.0798. The molecule has 2 rings (SSSR count). The average molecular weight is 262 g/mol. The molecular weight excluding hydrogens is 236 g/mol. The topological polar surface area (TPSA) is 18.5 Å². The Balaban J connectivity index is 2.03. The minimum atomic E-state index is -0.465. The Bertz CT molecular complexity index is 376. The highest BCUT2D eigenvalue weighted by molar-refractivity contribution is 5.16. The number of benzene rings is 1. The molecule has 0 saturated carbocycles. The Kier molecular flexibility index (Phi) is 5.00. The molecule has 19 heavy (non-hydrogen) atoms. The molecule has 0 bridgehead atoms. The fourth-order valence-electron chi connectivity index (χ4n) is 2.86. The van der Waals surface area contributed by atoms with Crippen LogP contribution in [0.2, 0.25) is 0 Å². The normalized spacial score (nSPS) is 31.3. The van der Waals surface area contributed by atoms with Gasteiger partial charge in [-0.2, -0.15) is 0 Å². The lowest BCUT2D eigenvalue weighted by molar-refractivity contribution is -0.302. The third kappa shape index (κ3) is 3.80. The predicted octanol–water partition coefficient (Wildman–Crippen LogP) is 4.19. The monoisotopic (exact) mass is 262 g/mol. The minimum absolute atomic E-state index is 0.345. The van der Waals surface area contributed by atoms with Crippen LogP contribution in [0.4, 0.5) is 0 Å². The fraction of sp³-hybridized carbons (Fsp3) is 0.647. The molecule has 0 spiro atoms. The van der Waals surface area contributed by atoms with E-state index >= 15 is 0 Å². The van der Waals surface area contributed by atoms with Crippen LogP contribution in [0, 0.1) is 5.92 Å². The summed E-state index contributed by atoms with van der Waals surface area (Å²) in [7, 11) is 0. The second-order valence-electron chi connectivity index (χ2n) is 5.72. The van der Waals surface area contributed by atoms with Gasteiger partial charge in [-0.25, -0.2) is 0 Å². The number of hydrogen-bond acceptors (Lipinski definition) is 2. The Morgan fingerprint density at radius 3 is 2.58 bits per heavy atom. The lowest BCUT2D eigenvalue weighted by Gasteiger charge is -2.43. The number of ether oxygens (including phenoxy) is 2. The Morgan fingerprint density at radius 2 is 1.95 bits per heavy atom. The van der Waals surface area contributed by atoms with Gasteiger partial charge in [-0.1, -0.05) is 50.6 Å². The van der Waals surface area contributed by atoms with Crippen LogP contribution in [0.15, 0.2) is 30.3 Å². The molecule has 0 N–H and O–H groups in total. The van der Waals surface area contributed by atoms with Crippen molar-refractivity contribution < 1.29 is 9.47 Å². The van der Waals surface area contributed by atoms with Gasteiger partial charge in [0, 0.05) is 12.3 Å². The van der Waals surface area contributed by atoms with E-state index in [0.29, 0.717) is 12.0 Å². The second kappa shape index (κ2) is 6.53. The van der Waals surface area contributed by atoms with Crippen LogP contribution >= 0.6 is 0 Å². The third-order valence-electron chi connectivity index (χ3n) is 3.99. The van der Waals surface area contributed by atoms with Gasteiger partial charge < -0.3 is 9.47 Å². The van der Waals surface area contributed by atoms with Crippen molar-refractivity contribution in [2.75, 3.05) is 6.61 Å². The zero-order valence-electron chi connectivity index (χ0n) is 12.4. The molecule has 106 valence electrons. The molecule has 2 heteroatoms. The molecule has 1 fully saturated rings. The summed E-state index contributed by atoms with van der Waals surface area (Å²) in [5, 5.41) is 0. The summed E-state index contributed by atoms with van der Waals surface area (Å²) >= 11 is 0. The van der Waals surface area contributed by atoms with Crippen LogP contribution < -0.4 is 0 Å². The van der Waals surface area contributed by atoms with Crippen molar-refractivity contribution in [3.05, 3.63) is 35.9 Å². The maximum atomic E-state index is 6.30. The van der Waals surface area contributed by atoms with Gasteiger partial charge >= 0.3 is 0 Å². The summed E-state index contributed by atoms with van der Waals surface area (Å²) in [6.45, 7) is 7.35. The molecule has 1 aliphatic heterocycles. The zero-order valence-corrected chi connectivity index (χ0v) is 12.4. The highest BCUT2D eigenvalue weighted by Gasteiger charge is 2.38. The van der Waals surface area contributed by atoms with Gasteiger partial charge in [-0.05, 0) is 25.3 Å². The highest BCUT2D eigenvalue weighted by atomic mass is 16.7. The third-order valence-corrected chi connectivity index (χ3v) is 3.99. The van der Waals surface area contributed by atoms with Crippen molar-refractivity contribution in [2.45, 2.75) is 58.3 Å². The fourth-order valence-corrected chi connectivity index (χ4v) is 2.86.